The molecule has 35 heavy (non-hydrogen) atoms. The van der Waals surface area contributed by atoms with Gasteiger partial charge in [0.25, 0.3) is 5.91 Å². The average Bonchev–Trinajstić information content (AvgIpc) is 2.84. The van der Waals surface area contributed by atoms with Gasteiger partial charge in [0.15, 0.2) is 0 Å². The number of carbonyl (C=O) groups is 1. The topological polar surface area (TPSA) is 79.4 Å². The van der Waals surface area contributed by atoms with Crippen LogP contribution < -0.4 is 5.32 Å². The summed E-state index contributed by atoms with van der Waals surface area (Å²) in [6.45, 7) is 4.07. The van der Waals surface area contributed by atoms with Crippen molar-refractivity contribution in [1.82, 2.24) is 14.6 Å². The SMILES string of the molecule is Cc1ccc(C(=O)NCc2cccc(F)c2)c(C2CCN(S(=O)(=O)c3ccc(C)c(F)c3)CC2)n1. The van der Waals surface area contributed by atoms with Crippen LogP contribution in [0.15, 0.2) is 59.5 Å². The normalized spacial score (nSPS) is 15.2. The Bertz CT molecular complexity index is 1350. The molecule has 1 aliphatic heterocycles. The van der Waals surface area contributed by atoms with E-state index in [9.17, 15) is 22.0 Å². The van der Waals surface area contributed by atoms with Gasteiger partial charge in [-0.3, -0.25) is 9.78 Å². The van der Waals surface area contributed by atoms with E-state index in [2.05, 4.69) is 10.3 Å². The molecule has 1 fully saturated rings. The van der Waals surface area contributed by atoms with E-state index in [-0.39, 0.29) is 42.2 Å². The highest BCUT2D eigenvalue weighted by Gasteiger charge is 2.32. The number of carbonyl (C=O) groups excluding carboxylic acids is 1. The van der Waals surface area contributed by atoms with Gasteiger partial charge in [0, 0.05) is 31.2 Å². The molecule has 1 aromatic heterocycles. The zero-order valence-electron chi connectivity index (χ0n) is 19.6. The molecule has 0 bridgehead atoms. The van der Waals surface area contributed by atoms with Crippen LogP contribution in [0.1, 0.15) is 51.6 Å². The lowest BCUT2D eigenvalue weighted by Crippen LogP contribution is -2.38. The van der Waals surface area contributed by atoms with E-state index in [1.165, 1.54) is 28.6 Å². The maximum Gasteiger partial charge on any atom is 0.253 e. The zero-order chi connectivity index (χ0) is 25.2. The second-order valence-electron chi connectivity index (χ2n) is 8.79. The lowest BCUT2D eigenvalue weighted by Gasteiger charge is -2.31. The highest BCUT2D eigenvalue weighted by atomic mass is 32.2. The summed E-state index contributed by atoms with van der Waals surface area (Å²) in [6.07, 6.45) is 0.961. The van der Waals surface area contributed by atoms with Crippen molar-refractivity contribution in [1.29, 1.82) is 0 Å². The van der Waals surface area contributed by atoms with Crippen molar-refractivity contribution in [2.45, 2.75) is 44.0 Å². The van der Waals surface area contributed by atoms with Crippen LogP contribution in [-0.2, 0) is 16.6 Å². The van der Waals surface area contributed by atoms with Crippen LogP contribution in [0.4, 0.5) is 8.78 Å². The first-order chi connectivity index (χ1) is 16.6. The van der Waals surface area contributed by atoms with Crippen LogP contribution >= 0.6 is 0 Å². The van der Waals surface area contributed by atoms with Crippen LogP contribution in [0, 0.1) is 25.5 Å². The van der Waals surface area contributed by atoms with Gasteiger partial charge in [-0.15, -0.1) is 0 Å². The summed E-state index contributed by atoms with van der Waals surface area (Å²) in [5.41, 5.74) is 2.84. The number of pyridine rings is 1. The standard InChI is InChI=1S/C26H27F2N3O3S/c1-17-6-8-22(15-24(17)28)35(33,34)31-12-10-20(11-13-31)25-23(9-7-18(2)30-25)26(32)29-16-19-4-3-5-21(27)14-19/h3-9,14-15,20H,10-13,16H2,1-2H3,(H,29,32). The molecule has 9 heteroatoms. The van der Waals surface area contributed by atoms with Gasteiger partial charge >= 0.3 is 0 Å². The number of nitrogens with zero attached hydrogens (tertiary/aromatic N) is 2. The van der Waals surface area contributed by atoms with Gasteiger partial charge in [-0.05, 0) is 74.2 Å². The first-order valence-electron chi connectivity index (χ1n) is 11.4. The summed E-state index contributed by atoms with van der Waals surface area (Å²) in [4.78, 5) is 17.5. The van der Waals surface area contributed by atoms with Gasteiger partial charge in [0.2, 0.25) is 10.0 Å². The monoisotopic (exact) mass is 499 g/mol. The van der Waals surface area contributed by atoms with E-state index in [0.717, 1.165) is 11.8 Å². The molecule has 2 heterocycles. The molecule has 0 atom stereocenters. The fraction of sp³-hybridized carbons (Fsp3) is 0.308. The number of piperidine rings is 1. The smallest absolute Gasteiger partial charge is 0.253 e. The Kier molecular flexibility index (Phi) is 7.28. The highest BCUT2D eigenvalue weighted by Crippen LogP contribution is 2.32. The zero-order valence-corrected chi connectivity index (χ0v) is 20.4. The summed E-state index contributed by atoms with van der Waals surface area (Å²) in [7, 11) is -3.82. The van der Waals surface area contributed by atoms with Gasteiger partial charge in [-0.1, -0.05) is 18.2 Å². The number of aryl methyl sites for hydroxylation is 2. The lowest BCUT2D eigenvalue weighted by atomic mass is 9.90. The van der Waals surface area contributed by atoms with E-state index in [4.69, 9.17) is 0 Å². The third kappa shape index (κ3) is 5.57. The van der Waals surface area contributed by atoms with Gasteiger partial charge in [0.1, 0.15) is 11.6 Å². The van der Waals surface area contributed by atoms with Crippen LogP contribution in [-0.4, -0.2) is 36.7 Å². The molecule has 1 amide bonds. The fourth-order valence-corrected chi connectivity index (χ4v) is 5.74. The highest BCUT2D eigenvalue weighted by molar-refractivity contribution is 7.89. The molecule has 0 aliphatic carbocycles. The van der Waals surface area contributed by atoms with Gasteiger partial charge in [-0.25, -0.2) is 17.2 Å². The number of nitrogens with one attached hydrogen (secondary N) is 1. The van der Waals surface area contributed by atoms with E-state index < -0.39 is 15.8 Å². The molecule has 4 rings (SSSR count). The van der Waals surface area contributed by atoms with Crippen molar-refractivity contribution < 1.29 is 22.0 Å². The van der Waals surface area contributed by atoms with Crippen molar-refractivity contribution in [3.8, 4) is 0 Å². The molecule has 0 radical (unpaired) electrons. The van der Waals surface area contributed by atoms with Crippen molar-refractivity contribution in [3.63, 3.8) is 0 Å². The summed E-state index contributed by atoms with van der Waals surface area (Å²) in [5, 5.41) is 2.82. The van der Waals surface area contributed by atoms with Crippen molar-refractivity contribution in [2.24, 2.45) is 0 Å². The number of aromatic nitrogens is 1. The summed E-state index contributed by atoms with van der Waals surface area (Å²) in [6, 6.07) is 13.4. The van der Waals surface area contributed by atoms with Gasteiger partial charge in [-0.2, -0.15) is 4.31 Å². The molecule has 2 aromatic carbocycles. The molecular weight excluding hydrogens is 472 g/mol. The van der Waals surface area contributed by atoms with E-state index in [1.54, 1.807) is 31.2 Å². The minimum Gasteiger partial charge on any atom is -0.348 e. The Morgan fingerprint density at radius 3 is 2.49 bits per heavy atom. The van der Waals surface area contributed by atoms with Gasteiger partial charge < -0.3 is 5.32 Å². The average molecular weight is 500 g/mol. The second kappa shape index (κ2) is 10.2. The first kappa shape index (κ1) is 24.9. The largest absolute Gasteiger partial charge is 0.348 e. The Morgan fingerprint density at radius 2 is 1.80 bits per heavy atom. The third-order valence-corrected chi connectivity index (χ3v) is 8.17. The molecule has 6 nitrogen and oxygen atoms in total. The number of rotatable bonds is 6. The van der Waals surface area contributed by atoms with Crippen LogP contribution in [0.5, 0.6) is 0 Å². The summed E-state index contributed by atoms with van der Waals surface area (Å²) in [5.74, 6) is -1.35. The molecule has 1 aliphatic rings. The Morgan fingerprint density at radius 1 is 1.06 bits per heavy atom. The maximum absolute atomic E-state index is 14.0. The minimum atomic E-state index is -3.82. The Hall–Kier alpha value is -3.17. The molecule has 0 saturated carbocycles. The van der Waals surface area contributed by atoms with E-state index in [0.29, 0.717) is 35.2 Å². The molecule has 0 spiro atoms. The first-order valence-corrected chi connectivity index (χ1v) is 12.9. The quantitative estimate of drug-likeness (QED) is 0.543. The van der Waals surface area contributed by atoms with Crippen LogP contribution in [0.2, 0.25) is 0 Å². The molecule has 184 valence electrons. The van der Waals surface area contributed by atoms with E-state index in [1.807, 2.05) is 6.92 Å². The fourth-order valence-electron chi connectivity index (χ4n) is 4.26. The minimum absolute atomic E-state index is 0.0647. The number of sulfonamides is 1. The summed E-state index contributed by atoms with van der Waals surface area (Å²) >= 11 is 0. The molecule has 1 saturated heterocycles. The molecule has 3 aromatic rings. The maximum atomic E-state index is 14.0. The summed E-state index contributed by atoms with van der Waals surface area (Å²) < 4.78 is 54.8. The number of amides is 1. The molecule has 1 N–H and O–H groups in total. The lowest BCUT2D eigenvalue weighted by molar-refractivity contribution is 0.0948. The van der Waals surface area contributed by atoms with Gasteiger partial charge in [0.05, 0.1) is 16.2 Å². The van der Waals surface area contributed by atoms with Crippen molar-refractivity contribution >= 4 is 15.9 Å². The number of hydrogen-bond acceptors (Lipinski definition) is 4. The van der Waals surface area contributed by atoms with E-state index >= 15 is 0 Å². The Labute approximate surface area is 204 Å². The number of halogens is 2. The van der Waals surface area contributed by atoms with Crippen LogP contribution in [0.25, 0.3) is 0 Å². The predicted octanol–water partition coefficient (Wildman–Crippen LogP) is 4.47. The molecule has 0 unspecified atom stereocenters. The predicted molar refractivity (Wildman–Crippen MR) is 128 cm³/mol. The van der Waals surface area contributed by atoms with Crippen molar-refractivity contribution in [2.75, 3.05) is 13.1 Å². The second-order valence-corrected chi connectivity index (χ2v) is 10.7. The van der Waals surface area contributed by atoms with Crippen LogP contribution in [0.3, 0.4) is 0 Å². The third-order valence-electron chi connectivity index (χ3n) is 6.27. The van der Waals surface area contributed by atoms with Crippen molar-refractivity contribution in [3.05, 3.63) is 94.3 Å². The number of hydrogen-bond donors (Lipinski definition) is 1. The number of benzene rings is 2. The Balaban J connectivity index is 1.48. The molecular formula is C26H27F2N3O3S.